The summed E-state index contributed by atoms with van der Waals surface area (Å²) >= 11 is 0. The van der Waals surface area contributed by atoms with Gasteiger partial charge >= 0.3 is 0 Å². The number of carbonyl (C=O) groups excluding carboxylic acids is 1. The highest BCUT2D eigenvalue weighted by molar-refractivity contribution is 5.95. The molecule has 6 rings (SSSR count). The first-order valence-electron chi connectivity index (χ1n) is 11.7. The number of fused-ring (bicyclic) bond motifs is 1. The van der Waals surface area contributed by atoms with Crippen molar-refractivity contribution in [2.24, 2.45) is 5.41 Å². The number of hydrogen-bond donors (Lipinski definition) is 0. The fourth-order valence-electron chi connectivity index (χ4n) is 5.22. The van der Waals surface area contributed by atoms with Gasteiger partial charge < -0.3 is 14.2 Å². The molecule has 3 aromatic rings. The van der Waals surface area contributed by atoms with E-state index in [1.165, 1.54) is 11.3 Å². The molecule has 0 radical (unpaired) electrons. The fraction of sp³-hybridized carbons (Fsp3) is 0.520. The zero-order valence-corrected chi connectivity index (χ0v) is 19.4. The predicted octanol–water partition coefficient (Wildman–Crippen LogP) is 3.78. The maximum atomic E-state index is 13.0. The van der Waals surface area contributed by atoms with Gasteiger partial charge in [0, 0.05) is 53.2 Å². The van der Waals surface area contributed by atoms with Crippen molar-refractivity contribution in [2.75, 3.05) is 19.7 Å². The Hall–Kier alpha value is -3.00. The second-order valence-electron chi connectivity index (χ2n) is 10.9. The molecule has 0 atom stereocenters. The van der Waals surface area contributed by atoms with Gasteiger partial charge in [-0.25, -0.2) is 0 Å². The van der Waals surface area contributed by atoms with Crippen LogP contribution < -0.4 is 0 Å². The van der Waals surface area contributed by atoms with Gasteiger partial charge in [-0.1, -0.05) is 38.1 Å². The Bertz CT molecular complexity index is 1170. The Morgan fingerprint density at radius 3 is 2.58 bits per heavy atom. The van der Waals surface area contributed by atoms with Gasteiger partial charge in [0.2, 0.25) is 11.7 Å². The minimum atomic E-state index is -0.194. The zero-order chi connectivity index (χ0) is 22.8. The van der Waals surface area contributed by atoms with E-state index >= 15 is 0 Å². The van der Waals surface area contributed by atoms with Crippen LogP contribution in [0.1, 0.15) is 67.2 Å². The Labute approximate surface area is 192 Å². The Morgan fingerprint density at radius 2 is 1.91 bits per heavy atom. The molecule has 2 aliphatic heterocycles. The maximum absolute atomic E-state index is 13.0. The van der Waals surface area contributed by atoms with E-state index in [9.17, 15) is 4.79 Å². The minimum absolute atomic E-state index is 0.0887. The second kappa shape index (κ2) is 7.25. The fourth-order valence-corrected chi connectivity index (χ4v) is 5.22. The third-order valence-electron chi connectivity index (χ3n) is 7.14. The number of carbonyl (C=O) groups is 1. The third kappa shape index (κ3) is 3.57. The number of likely N-dealkylation sites (tertiary alicyclic amines) is 1. The van der Waals surface area contributed by atoms with Gasteiger partial charge in [0.05, 0.1) is 24.9 Å². The lowest BCUT2D eigenvalue weighted by Gasteiger charge is -2.58. The molecule has 172 valence electrons. The van der Waals surface area contributed by atoms with Gasteiger partial charge in [0.25, 0.3) is 5.91 Å². The molecule has 0 N–H and O–H groups in total. The quantitative estimate of drug-likeness (QED) is 0.607. The molecule has 8 nitrogen and oxygen atoms in total. The van der Waals surface area contributed by atoms with Crippen LogP contribution in [0.2, 0.25) is 0 Å². The van der Waals surface area contributed by atoms with Crippen molar-refractivity contribution in [2.45, 2.75) is 58.1 Å². The van der Waals surface area contributed by atoms with E-state index in [1.54, 1.807) is 0 Å². The molecule has 4 heterocycles. The lowest BCUT2D eigenvalue weighted by atomic mass is 9.60. The van der Waals surface area contributed by atoms with Crippen LogP contribution >= 0.6 is 0 Å². The van der Waals surface area contributed by atoms with Crippen molar-refractivity contribution in [3.63, 3.8) is 0 Å². The molecular formula is C25H29N5O3. The van der Waals surface area contributed by atoms with Crippen molar-refractivity contribution in [3.05, 3.63) is 53.2 Å². The molecule has 1 aliphatic carbocycles. The summed E-state index contributed by atoms with van der Waals surface area (Å²) < 4.78 is 13.1. The van der Waals surface area contributed by atoms with Crippen LogP contribution in [-0.4, -0.2) is 50.4 Å². The molecule has 3 aliphatic rings. The largest absolute Gasteiger partial charge is 0.376 e. The van der Waals surface area contributed by atoms with Crippen LogP contribution in [0, 0.1) is 5.41 Å². The van der Waals surface area contributed by atoms with Gasteiger partial charge in [0.1, 0.15) is 0 Å². The molecule has 1 amide bonds. The molecule has 2 fully saturated rings. The third-order valence-corrected chi connectivity index (χ3v) is 7.14. The first kappa shape index (κ1) is 20.6. The topological polar surface area (TPSA) is 86.3 Å². The van der Waals surface area contributed by atoms with Gasteiger partial charge in [0.15, 0.2) is 0 Å². The summed E-state index contributed by atoms with van der Waals surface area (Å²) in [4.78, 5) is 19.4. The van der Waals surface area contributed by atoms with Crippen molar-refractivity contribution < 1.29 is 14.1 Å². The number of rotatable bonds is 3. The van der Waals surface area contributed by atoms with Crippen molar-refractivity contribution >= 4 is 5.91 Å². The summed E-state index contributed by atoms with van der Waals surface area (Å²) in [6.45, 7) is 9.21. The van der Waals surface area contributed by atoms with E-state index in [1.807, 2.05) is 49.9 Å². The summed E-state index contributed by atoms with van der Waals surface area (Å²) in [7, 11) is 0. The summed E-state index contributed by atoms with van der Waals surface area (Å²) in [5.74, 6) is 1.24. The predicted molar refractivity (Wildman–Crippen MR) is 121 cm³/mol. The average molecular weight is 448 g/mol. The van der Waals surface area contributed by atoms with Gasteiger partial charge in [-0.05, 0) is 25.0 Å². The van der Waals surface area contributed by atoms with Crippen molar-refractivity contribution in [1.29, 1.82) is 0 Å². The number of aromatic nitrogens is 4. The zero-order valence-electron chi connectivity index (χ0n) is 19.4. The lowest BCUT2D eigenvalue weighted by Crippen LogP contribution is -2.63. The lowest BCUT2D eigenvalue weighted by molar-refractivity contribution is -0.0739. The summed E-state index contributed by atoms with van der Waals surface area (Å²) in [5, 5.41) is 8.87. The number of hydrogen-bond acceptors (Lipinski definition) is 6. The maximum Gasteiger partial charge on any atom is 0.253 e. The molecule has 0 bridgehead atoms. The van der Waals surface area contributed by atoms with Gasteiger partial charge in [-0.2, -0.15) is 10.1 Å². The standard InChI is InChI=1S/C25H29N5O3/c1-24(2,3)23-26-21(28-33-23)16-4-6-17(7-5-16)22(31)29-14-25(15-29)10-19(11-25)30-12-18-13-32-9-8-20(18)27-30/h4-7,12,19H,8-11,13-15H2,1-3H3. The number of benzene rings is 1. The molecule has 2 aromatic heterocycles. The molecule has 1 spiro atoms. The van der Waals surface area contributed by atoms with Crippen LogP contribution in [0.4, 0.5) is 0 Å². The second-order valence-corrected chi connectivity index (χ2v) is 10.9. The van der Waals surface area contributed by atoms with Crippen LogP contribution in [-0.2, 0) is 23.2 Å². The average Bonchev–Trinajstić information content (AvgIpc) is 3.39. The van der Waals surface area contributed by atoms with E-state index in [-0.39, 0.29) is 16.7 Å². The smallest absolute Gasteiger partial charge is 0.253 e. The number of nitrogens with zero attached hydrogens (tertiary/aromatic N) is 5. The Balaban J connectivity index is 1.06. The first-order valence-corrected chi connectivity index (χ1v) is 11.7. The normalized spacial score (nSPS) is 19.8. The highest BCUT2D eigenvalue weighted by Gasteiger charge is 2.54. The molecule has 33 heavy (non-hydrogen) atoms. The van der Waals surface area contributed by atoms with Crippen LogP contribution in [0.5, 0.6) is 0 Å². The van der Waals surface area contributed by atoms with Crippen molar-refractivity contribution in [1.82, 2.24) is 24.8 Å². The number of ether oxygens (including phenoxy) is 1. The molecule has 1 aromatic carbocycles. The van der Waals surface area contributed by atoms with Crippen LogP contribution in [0.15, 0.2) is 35.0 Å². The van der Waals surface area contributed by atoms with E-state index in [2.05, 4.69) is 21.0 Å². The van der Waals surface area contributed by atoms with E-state index in [0.717, 1.165) is 44.5 Å². The summed E-state index contributed by atoms with van der Waals surface area (Å²) in [6.07, 6.45) is 5.24. The Kier molecular flexibility index (Phi) is 4.52. The summed E-state index contributed by atoms with van der Waals surface area (Å²) in [6, 6.07) is 7.94. The SMILES string of the molecule is CC(C)(C)c1nc(-c2ccc(C(=O)N3CC4(CC(n5cc6c(n5)CCOC6)C4)C3)cc2)no1. The van der Waals surface area contributed by atoms with Gasteiger partial charge in [-0.3, -0.25) is 9.48 Å². The Morgan fingerprint density at radius 1 is 1.15 bits per heavy atom. The minimum Gasteiger partial charge on any atom is -0.376 e. The monoisotopic (exact) mass is 447 g/mol. The van der Waals surface area contributed by atoms with Crippen LogP contribution in [0.3, 0.4) is 0 Å². The summed E-state index contributed by atoms with van der Waals surface area (Å²) in [5.41, 5.74) is 4.03. The van der Waals surface area contributed by atoms with E-state index in [4.69, 9.17) is 14.4 Å². The molecule has 1 saturated heterocycles. The van der Waals surface area contributed by atoms with Crippen molar-refractivity contribution in [3.8, 4) is 11.4 Å². The van der Waals surface area contributed by atoms with E-state index < -0.39 is 0 Å². The molecule has 1 saturated carbocycles. The number of amides is 1. The molecule has 8 heteroatoms. The highest BCUT2D eigenvalue weighted by Crippen LogP contribution is 2.54. The molecule has 0 unspecified atom stereocenters. The highest BCUT2D eigenvalue weighted by atomic mass is 16.5. The van der Waals surface area contributed by atoms with Gasteiger partial charge in [-0.15, -0.1) is 0 Å². The first-order chi connectivity index (χ1) is 15.8. The van der Waals surface area contributed by atoms with E-state index in [0.29, 0.717) is 29.9 Å². The van der Waals surface area contributed by atoms with Crippen LogP contribution in [0.25, 0.3) is 11.4 Å². The molecular weight excluding hydrogens is 418 g/mol.